The summed E-state index contributed by atoms with van der Waals surface area (Å²) in [5.74, 6) is 0. The fourth-order valence-electron chi connectivity index (χ4n) is 1.52. The summed E-state index contributed by atoms with van der Waals surface area (Å²) < 4.78 is 5.27. The van der Waals surface area contributed by atoms with Crippen LogP contribution >= 0.6 is 0 Å². The van der Waals surface area contributed by atoms with Crippen LogP contribution in [0.15, 0.2) is 24.3 Å². The molecule has 0 amide bonds. The predicted octanol–water partition coefficient (Wildman–Crippen LogP) is 2.32. The lowest BCUT2D eigenvalue weighted by Gasteiger charge is -2.28. The van der Waals surface area contributed by atoms with E-state index in [9.17, 15) is 4.79 Å². The fourth-order valence-corrected chi connectivity index (χ4v) is 1.52. The average molecular weight is 207 g/mol. The van der Waals surface area contributed by atoms with E-state index in [1.807, 2.05) is 31.2 Å². The zero-order chi connectivity index (χ0) is 11.3. The number of aldehydes is 1. The number of nitrogens with zero attached hydrogens (tertiary/aromatic N) is 1. The normalized spacial score (nSPS) is 12.2. The molecule has 0 bridgehead atoms. The van der Waals surface area contributed by atoms with Crippen LogP contribution in [0.25, 0.3) is 0 Å². The molecule has 15 heavy (non-hydrogen) atoms. The Kier molecular flexibility index (Phi) is 4.31. The summed E-state index contributed by atoms with van der Waals surface area (Å²) in [6.45, 7) is 4.94. The third-order valence-electron chi connectivity index (χ3n) is 2.48. The van der Waals surface area contributed by atoms with E-state index in [1.165, 1.54) is 0 Å². The third kappa shape index (κ3) is 2.80. The maximum atomic E-state index is 10.5. The van der Waals surface area contributed by atoms with Gasteiger partial charge in [-0.05, 0) is 38.1 Å². The van der Waals surface area contributed by atoms with Gasteiger partial charge in [-0.15, -0.1) is 0 Å². The van der Waals surface area contributed by atoms with Gasteiger partial charge in [0.2, 0.25) is 0 Å². The number of anilines is 1. The highest BCUT2D eigenvalue weighted by molar-refractivity contribution is 5.75. The summed E-state index contributed by atoms with van der Waals surface area (Å²) >= 11 is 0. The minimum Gasteiger partial charge on any atom is -0.362 e. The topological polar surface area (TPSA) is 29.5 Å². The first-order chi connectivity index (χ1) is 7.22. The first kappa shape index (κ1) is 11.7. The van der Waals surface area contributed by atoms with E-state index in [-0.39, 0.29) is 6.23 Å². The lowest BCUT2D eigenvalue weighted by molar-refractivity contribution is 0.112. The largest absolute Gasteiger partial charge is 0.362 e. The molecular weight excluding hydrogens is 190 g/mol. The fraction of sp³-hybridized carbons (Fsp3) is 0.417. The average Bonchev–Trinajstić information content (AvgIpc) is 2.30. The van der Waals surface area contributed by atoms with Gasteiger partial charge < -0.3 is 9.64 Å². The Labute approximate surface area is 90.7 Å². The van der Waals surface area contributed by atoms with E-state index < -0.39 is 0 Å². The van der Waals surface area contributed by atoms with Gasteiger partial charge in [0, 0.05) is 24.9 Å². The summed E-state index contributed by atoms with van der Waals surface area (Å²) in [7, 11) is 1.69. The Morgan fingerprint density at radius 2 is 2.00 bits per heavy atom. The number of rotatable bonds is 5. The molecule has 0 aromatic heterocycles. The van der Waals surface area contributed by atoms with Crippen molar-refractivity contribution in [1.82, 2.24) is 0 Å². The Bertz CT molecular complexity index is 308. The van der Waals surface area contributed by atoms with Crippen molar-refractivity contribution < 1.29 is 9.53 Å². The number of hydrogen-bond acceptors (Lipinski definition) is 3. The molecule has 0 aliphatic rings. The maximum absolute atomic E-state index is 10.5. The second kappa shape index (κ2) is 5.51. The van der Waals surface area contributed by atoms with E-state index in [0.717, 1.165) is 18.5 Å². The van der Waals surface area contributed by atoms with Crippen LogP contribution in [-0.2, 0) is 4.74 Å². The Balaban J connectivity index is 2.87. The first-order valence-electron chi connectivity index (χ1n) is 5.07. The summed E-state index contributed by atoms with van der Waals surface area (Å²) in [6.07, 6.45) is 0.886. The molecule has 0 saturated carbocycles. The molecule has 3 nitrogen and oxygen atoms in total. The Hall–Kier alpha value is -1.35. The van der Waals surface area contributed by atoms with Crippen LogP contribution in [-0.4, -0.2) is 26.2 Å². The van der Waals surface area contributed by atoms with E-state index in [0.29, 0.717) is 5.56 Å². The molecule has 0 fully saturated rings. The van der Waals surface area contributed by atoms with E-state index >= 15 is 0 Å². The standard InChI is InChI=1S/C12H17NO2/c1-4-13(10(2)15-3)12-7-5-11(9-14)6-8-12/h5-10H,4H2,1-3H3. The molecule has 1 unspecified atom stereocenters. The summed E-state index contributed by atoms with van der Waals surface area (Å²) in [5.41, 5.74) is 1.76. The van der Waals surface area contributed by atoms with Gasteiger partial charge in [-0.3, -0.25) is 4.79 Å². The highest BCUT2D eigenvalue weighted by Gasteiger charge is 2.10. The van der Waals surface area contributed by atoms with Crippen LogP contribution in [0.2, 0.25) is 0 Å². The highest BCUT2D eigenvalue weighted by Crippen LogP contribution is 2.17. The number of ether oxygens (including phenoxy) is 1. The van der Waals surface area contributed by atoms with Gasteiger partial charge in [0.25, 0.3) is 0 Å². The smallest absolute Gasteiger partial charge is 0.150 e. The van der Waals surface area contributed by atoms with Crippen molar-refractivity contribution in [2.75, 3.05) is 18.6 Å². The van der Waals surface area contributed by atoms with Crippen LogP contribution in [0.5, 0.6) is 0 Å². The Morgan fingerprint density at radius 1 is 1.40 bits per heavy atom. The SMILES string of the molecule is CCN(c1ccc(C=O)cc1)C(C)OC. The maximum Gasteiger partial charge on any atom is 0.150 e. The monoisotopic (exact) mass is 207 g/mol. The van der Waals surface area contributed by atoms with Crippen molar-refractivity contribution in [1.29, 1.82) is 0 Å². The van der Waals surface area contributed by atoms with Crippen molar-refractivity contribution in [3.63, 3.8) is 0 Å². The zero-order valence-electron chi connectivity index (χ0n) is 9.43. The molecule has 0 heterocycles. The molecule has 1 atom stereocenters. The minimum atomic E-state index is 0.0390. The molecule has 0 saturated heterocycles. The molecule has 3 heteroatoms. The van der Waals surface area contributed by atoms with Gasteiger partial charge >= 0.3 is 0 Å². The molecule has 0 spiro atoms. The van der Waals surface area contributed by atoms with Gasteiger partial charge in [-0.25, -0.2) is 0 Å². The molecule has 0 aliphatic heterocycles. The highest BCUT2D eigenvalue weighted by atomic mass is 16.5. The lowest BCUT2D eigenvalue weighted by Crippen LogP contribution is -2.34. The Morgan fingerprint density at radius 3 is 2.40 bits per heavy atom. The van der Waals surface area contributed by atoms with Gasteiger partial charge in [-0.2, -0.15) is 0 Å². The van der Waals surface area contributed by atoms with Crippen LogP contribution in [0.3, 0.4) is 0 Å². The van der Waals surface area contributed by atoms with Crippen molar-refractivity contribution in [3.8, 4) is 0 Å². The first-order valence-corrected chi connectivity index (χ1v) is 5.07. The molecule has 1 rings (SSSR count). The number of carbonyl (C=O) groups is 1. The van der Waals surface area contributed by atoms with Crippen LogP contribution in [0, 0.1) is 0 Å². The van der Waals surface area contributed by atoms with Gasteiger partial charge in [0.05, 0.1) is 0 Å². The number of hydrogen-bond donors (Lipinski definition) is 0. The quantitative estimate of drug-likeness (QED) is 0.548. The van der Waals surface area contributed by atoms with E-state index in [2.05, 4.69) is 11.8 Å². The second-order valence-corrected chi connectivity index (χ2v) is 3.33. The molecule has 1 aromatic rings. The van der Waals surface area contributed by atoms with Crippen molar-refractivity contribution >= 4 is 12.0 Å². The van der Waals surface area contributed by atoms with Gasteiger partial charge in [0.1, 0.15) is 12.5 Å². The number of benzene rings is 1. The predicted molar refractivity (Wildman–Crippen MR) is 61.3 cm³/mol. The molecule has 0 aliphatic carbocycles. The van der Waals surface area contributed by atoms with E-state index in [1.54, 1.807) is 7.11 Å². The molecule has 0 N–H and O–H groups in total. The van der Waals surface area contributed by atoms with Crippen molar-refractivity contribution in [2.45, 2.75) is 20.1 Å². The van der Waals surface area contributed by atoms with Crippen molar-refractivity contribution in [3.05, 3.63) is 29.8 Å². The number of carbonyl (C=O) groups excluding carboxylic acids is 1. The summed E-state index contributed by atoms with van der Waals surface area (Å²) in [5, 5.41) is 0. The molecule has 0 radical (unpaired) electrons. The van der Waals surface area contributed by atoms with Crippen molar-refractivity contribution in [2.24, 2.45) is 0 Å². The second-order valence-electron chi connectivity index (χ2n) is 3.33. The molecule has 1 aromatic carbocycles. The van der Waals surface area contributed by atoms with Gasteiger partial charge in [0.15, 0.2) is 0 Å². The summed E-state index contributed by atoms with van der Waals surface area (Å²) in [4.78, 5) is 12.6. The minimum absolute atomic E-state index is 0.0390. The number of methoxy groups -OCH3 is 1. The van der Waals surface area contributed by atoms with Crippen LogP contribution in [0.4, 0.5) is 5.69 Å². The summed E-state index contributed by atoms with van der Waals surface area (Å²) in [6, 6.07) is 7.49. The molecular formula is C12H17NO2. The molecule has 82 valence electrons. The third-order valence-corrected chi connectivity index (χ3v) is 2.48. The lowest BCUT2D eigenvalue weighted by atomic mass is 10.2. The van der Waals surface area contributed by atoms with Gasteiger partial charge in [-0.1, -0.05) is 0 Å². The van der Waals surface area contributed by atoms with E-state index in [4.69, 9.17) is 4.74 Å². The zero-order valence-corrected chi connectivity index (χ0v) is 9.43. The van der Waals surface area contributed by atoms with Crippen LogP contribution < -0.4 is 4.90 Å². The van der Waals surface area contributed by atoms with Crippen LogP contribution in [0.1, 0.15) is 24.2 Å².